The number of aryl methyl sites for hydroxylation is 2. The number of benzene rings is 2. The zero-order valence-electron chi connectivity index (χ0n) is 16.2. The summed E-state index contributed by atoms with van der Waals surface area (Å²) in [5.41, 5.74) is 7.18. The van der Waals surface area contributed by atoms with E-state index in [1.54, 1.807) is 31.2 Å². The molecule has 2 rings (SSSR count). The molecule has 2 aromatic rings. The van der Waals surface area contributed by atoms with Crippen molar-refractivity contribution in [2.75, 3.05) is 13.2 Å². The van der Waals surface area contributed by atoms with Crippen LogP contribution in [0.5, 0.6) is 11.5 Å². The van der Waals surface area contributed by atoms with Gasteiger partial charge in [0.15, 0.2) is 19.0 Å². The van der Waals surface area contributed by atoms with Crippen molar-refractivity contribution in [2.45, 2.75) is 27.2 Å². The van der Waals surface area contributed by atoms with Gasteiger partial charge in [-0.1, -0.05) is 13.0 Å². The van der Waals surface area contributed by atoms with E-state index < -0.39 is 11.8 Å². The fourth-order valence-electron chi connectivity index (χ4n) is 2.47. The van der Waals surface area contributed by atoms with Crippen molar-refractivity contribution in [2.24, 2.45) is 0 Å². The number of Topliss-reactive ketones (excluding diaryl/α,β-unsaturated/α-hetero) is 1. The van der Waals surface area contributed by atoms with Crippen LogP contribution >= 0.6 is 0 Å². The molecule has 28 heavy (non-hydrogen) atoms. The summed E-state index contributed by atoms with van der Waals surface area (Å²) in [6.45, 7) is 5.17. The second-order valence-corrected chi connectivity index (χ2v) is 6.30. The first-order valence-corrected chi connectivity index (χ1v) is 8.92. The Hall–Kier alpha value is -3.35. The molecule has 0 unspecified atom stereocenters. The fraction of sp³-hybridized carbons (Fsp3) is 0.286. The van der Waals surface area contributed by atoms with Gasteiger partial charge in [-0.15, -0.1) is 0 Å². The van der Waals surface area contributed by atoms with Gasteiger partial charge in [-0.25, -0.2) is 0 Å². The summed E-state index contributed by atoms with van der Waals surface area (Å²) in [7, 11) is 0. The Morgan fingerprint density at radius 1 is 0.786 bits per heavy atom. The van der Waals surface area contributed by atoms with Gasteiger partial charge < -0.3 is 9.47 Å². The average molecular weight is 384 g/mol. The highest BCUT2D eigenvalue weighted by Gasteiger charge is 2.08. The zero-order chi connectivity index (χ0) is 20.5. The molecule has 0 saturated heterocycles. The number of nitrogens with one attached hydrogen (secondary N) is 2. The maximum absolute atomic E-state index is 11.8. The summed E-state index contributed by atoms with van der Waals surface area (Å²) < 4.78 is 10.7. The second kappa shape index (κ2) is 10.1. The number of hydrogen-bond donors (Lipinski definition) is 2. The van der Waals surface area contributed by atoms with Crippen molar-refractivity contribution in [3.8, 4) is 11.5 Å². The van der Waals surface area contributed by atoms with Gasteiger partial charge in [0.05, 0.1) is 0 Å². The summed E-state index contributed by atoms with van der Waals surface area (Å²) in [6, 6.07) is 12.2. The minimum Gasteiger partial charge on any atom is -0.484 e. The van der Waals surface area contributed by atoms with Gasteiger partial charge in [-0.2, -0.15) is 0 Å². The van der Waals surface area contributed by atoms with E-state index in [4.69, 9.17) is 9.47 Å². The van der Waals surface area contributed by atoms with Crippen LogP contribution in [0.3, 0.4) is 0 Å². The topological polar surface area (TPSA) is 93.7 Å². The quantitative estimate of drug-likeness (QED) is 0.539. The highest BCUT2D eigenvalue weighted by atomic mass is 16.5. The van der Waals surface area contributed by atoms with Crippen LogP contribution < -0.4 is 20.3 Å². The first kappa shape index (κ1) is 21.0. The molecule has 2 amide bonds. The molecule has 0 bridgehead atoms. The predicted molar refractivity (Wildman–Crippen MR) is 104 cm³/mol. The van der Waals surface area contributed by atoms with Gasteiger partial charge in [-0.05, 0) is 61.4 Å². The lowest BCUT2D eigenvalue weighted by atomic mass is 10.1. The Morgan fingerprint density at radius 3 is 1.79 bits per heavy atom. The fourth-order valence-corrected chi connectivity index (χ4v) is 2.47. The van der Waals surface area contributed by atoms with Crippen LogP contribution in [0.1, 0.15) is 34.8 Å². The number of hydrazine groups is 1. The molecule has 0 aliphatic rings. The maximum Gasteiger partial charge on any atom is 0.276 e. The van der Waals surface area contributed by atoms with E-state index in [9.17, 15) is 14.4 Å². The first-order chi connectivity index (χ1) is 13.4. The summed E-state index contributed by atoms with van der Waals surface area (Å²) in [5, 5.41) is 0. The molecule has 0 spiro atoms. The Labute approximate surface area is 164 Å². The smallest absolute Gasteiger partial charge is 0.276 e. The number of ether oxygens (including phenoxy) is 2. The normalized spacial score (nSPS) is 10.1. The molecule has 148 valence electrons. The molecule has 7 heteroatoms. The summed E-state index contributed by atoms with van der Waals surface area (Å²) in [5.74, 6) is 0.0676. The summed E-state index contributed by atoms with van der Waals surface area (Å²) >= 11 is 0. The highest BCUT2D eigenvalue weighted by Crippen LogP contribution is 2.16. The third kappa shape index (κ3) is 6.75. The van der Waals surface area contributed by atoms with Crippen LogP contribution in [0, 0.1) is 13.8 Å². The van der Waals surface area contributed by atoms with Crippen LogP contribution in [0.4, 0.5) is 0 Å². The standard InChI is InChI=1S/C21H24N2O5/c1-4-19(24)16-5-7-17(8-6-16)27-12-20(25)22-23-21(26)13-28-18-10-14(2)9-15(3)11-18/h5-11H,4,12-13H2,1-3H3,(H,22,25)(H,23,26). The van der Waals surface area contributed by atoms with Crippen molar-refractivity contribution in [1.29, 1.82) is 0 Å². The van der Waals surface area contributed by atoms with Gasteiger partial charge in [0.2, 0.25) is 0 Å². The van der Waals surface area contributed by atoms with Crippen LogP contribution in [0.25, 0.3) is 0 Å². The van der Waals surface area contributed by atoms with Crippen LogP contribution in [-0.2, 0) is 9.59 Å². The van der Waals surface area contributed by atoms with Gasteiger partial charge in [0.25, 0.3) is 11.8 Å². The third-order valence-electron chi connectivity index (χ3n) is 3.77. The minimum absolute atomic E-state index is 0.0371. The van der Waals surface area contributed by atoms with Crippen molar-refractivity contribution in [3.05, 3.63) is 59.2 Å². The van der Waals surface area contributed by atoms with Crippen LogP contribution in [0.2, 0.25) is 0 Å². The minimum atomic E-state index is -0.520. The molecule has 0 atom stereocenters. The molecule has 2 N–H and O–H groups in total. The van der Waals surface area contributed by atoms with E-state index in [2.05, 4.69) is 10.9 Å². The summed E-state index contributed by atoms with van der Waals surface area (Å²) in [4.78, 5) is 35.1. The third-order valence-corrected chi connectivity index (χ3v) is 3.77. The molecule has 0 heterocycles. The van der Waals surface area contributed by atoms with Gasteiger partial charge >= 0.3 is 0 Å². The highest BCUT2D eigenvalue weighted by molar-refractivity contribution is 5.95. The van der Waals surface area contributed by atoms with Gasteiger partial charge in [-0.3, -0.25) is 25.2 Å². The number of amides is 2. The molecule has 0 aromatic heterocycles. The van der Waals surface area contributed by atoms with Crippen molar-refractivity contribution in [3.63, 3.8) is 0 Å². The monoisotopic (exact) mass is 384 g/mol. The summed E-state index contributed by atoms with van der Waals surface area (Å²) in [6.07, 6.45) is 0.426. The Bertz CT molecular complexity index is 826. The largest absolute Gasteiger partial charge is 0.484 e. The number of carbonyl (C=O) groups excluding carboxylic acids is 3. The zero-order valence-corrected chi connectivity index (χ0v) is 16.2. The van der Waals surface area contributed by atoms with Gasteiger partial charge in [0.1, 0.15) is 11.5 Å². The SMILES string of the molecule is CCC(=O)c1ccc(OCC(=O)NNC(=O)COc2cc(C)cc(C)c2)cc1. The lowest BCUT2D eigenvalue weighted by molar-refractivity contribution is -0.131. The van der Waals surface area contributed by atoms with Crippen molar-refractivity contribution >= 4 is 17.6 Å². The lowest BCUT2D eigenvalue weighted by Gasteiger charge is -2.10. The molecule has 0 aliphatic heterocycles. The van der Waals surface area contributed by atoms with Crippen molar-refractivity contribution in [1.82, 2.24) is 10.9 Å². The van der Waals surface area contributed by atoms with Crippen LogP contribution in [-0.4, -0.2) is 30.8 Å². The van der Waals surface area contributed by atoms with Gasteiger partial charge in [0, 0.05) is 12.0 Å². The molecule has 2 aromatic carbocycles. The molecular weight excluding hydrogens is 360 g/mol. The molecule has 0 saturated carbocycles. The Balaban J connectivity index is 1.70. The maximum atomic E-state index is 11.8. The average Bonchev–Trinajstić information content (AvgIpc) is 2.68. The second-order valence-electron chi connectivity index (χ2n) is 6.30. The molecule has 0 radical (unpaired) electrons. The Kier molecular flexibility index (Phi) is 7.56. The Morgan fingerprint density at radius 2 is 1.29 bits per heavy atom. The van der Waals surface area contributed by atoms with Crippen molar-refractivity contribution < 1.29 is 23.9 Å². The van der Waals surface area contributed by atoms with E-state index in [0.717, 1.165) is 11.1 Å². The molecular formula is C21H24N2O5. The van der Waals surface area contributed by atoms with E-state index in [1.165, 1.54) is 0 Å². The first-order valence-electron chi connectivity index (χ1n) is 8.92. The van der Waals surface area contributed by atoms with Crippen LogP contribution in [0.15, 0.2) is 42.5 Å². The number of carbonyl (C=O) groups is 3. The molecule has 0 aliphatic carbocycles. The lowest BCUT2D eigenvalue weighted by Crippen LogP contribution is -2.45. The molecule has 7 nitrogen and oxygen atoms in total. The van der Waals surface area contributed by atoms with E-state index in [0.29, 0.717) is 23.5 Å². The van der Waals surface area contributed by atoms with E-state index in [-0.39, 0.29) is 19.0 Å². The molecule has 0 fully saturated rings. The van der Waals surface area contributed by atoms with E-state index >= 15 is 0 Å². The number of hydrogen-bond acceptors (Lipinski definition) is 5. The number of ketones is 1. The number of rotatable bonds is 8. The predicted octanol–water partition coefficient (Wildman–Crippen LogP) is 2.50. The van der Waals surface area contributed by atoms with E-state index in [1.807, 2.05) is 32.0 Å².